The van der Waals surface area contributed by atoms with Crippen LogP contribution >= 0.6 is 0 Å². The molecule has 0 saturated carbocycles. The van der Waals surface area contributed by atoms with Crippen LogP contribution in [0.5, 0.6) is 11.5 Å². The Morgan fingerprint density at radius 1 is 1.03 bits per heavy atom. The van der Waals surface area contributed by atoms with Gasteiger partial charge in [-0.2, -0.15) is 4.98 Å². The van der Waals surface area contributed by atoms with Crippen LogP contribution in [0.3, 0.4) is 0 Å². The van der Waals surface area contributed by atoms with Crippen LogP contribution in [0.2, 0.25) is 0 Å². The number of allylic oxidation sites excluding steroid dienone is 6. The molecule has 0 fully saturated rings. The number of nitrogen functional groups attached to an aromatic ring is 1. The number of pyridine rings is 1. The van der Waals surface area contributed by atoms with Gasteiger partial charge in [-0.15, -0.1) is 0 Å². The fraction of sp³-hybridized carbons (Fsp3) is 0.192. The summed E-state index contributed by atoms with van der Waals surface area (Å²) in [6.45, 7) is 2.07. The van der Waals surface area contributed by atoms with Crippen LogP contribution in [0.15, 0.2) is 79.0 Å². The lowest BCUT2D eigenvalue weighted by Gasteiger charge is -2.11. The molecule has 0 bridgehead atoms. The molecule has 34 heavy (non-hydrogen) atoms. The van der Waals surface area contributed by atoms with Gasteiger partial charge in [-0.05, 0) is 42.3 Å². The third kappa shape index (κ3) is 6.74. The third-order valence-corrected chi connectivity index (χ3v) is 4.98. The molecular formula is C26H28N6O2. The highest BCUT2D eigenvalue weighted by Gasteiger charge is 2.07. The molecule has 0 unspecified atom stereocenters. The summed E-state index contributed by atoms with van der Waals surface area (Å²) in [4.78, 5) is 13.1. The molecule has 3 aromatic rings. The molecule has 8 heteroatoms. The molecular weight excluding hydrogens is 428 g/mol. The molecule has 174 valence electrons. The summed E-state index contributed by atoms with van der Waals surface area (Å²) in [6, 6.07) is 13.3. The van der Waals surface area contributed by atoms with Crippen LogP contribution in [0.25, 0.3) is 5.57 Å². The Labute approximate surface area is 199 Å². The number of methoxy groups -OCH3 is 1. The smallest absolute Gasteiger partial charge is 0.222 e. The molecule has 0 atom stereocenters. The van der Waals surface area contributed by atoms with Crippen molar-refractivity contribution in [2.75, 3.05) is 31.3 Å². The van der Waals surface area contributed by atoms with Crippen LogP contribution in [0.4, 0.5) is 17.5 Å². The predicted octanol–water partition coefficient (Wildman–Crippen LogP) is 4.63. The summed E-state index contributed by atoms with van der Waals surface area (Å²) in [5.74, 6) is 2.30. The van der Waals surface area contributed by atoms with Crippen molar-refractivity contribution in [2.24, 2.45) is 0 Å². The van der Waals surface area contributed by atoms with Crippen molar-refractivity contribution in [2.45, 2.75) is 13.0 Å². The molecule has 2 aromatic heterocycles. The van der Waals surface area contributed by atoms with E-state index in [1.165, 1.54) is 0 Å². The first-order chi connectivity index (χ1) is 16.7. The number of ether oxygens (including phenoxy) is 2. The predicted molar refractivity (Wildman–Crippen MR) is 135 cm³/mol. The zero-order valence-corrected chi connectivity index (χ0v) is 19.1. The maximum atomic E-state index is 5.99. The van der Waals surface area contributed by atoms with Crippen LogP contribution in [-0.4, -0.2) is 35.2 Å². The topological polar surface area (TPSA) is 107 Å². The minimum absolute atomic E-state index is 0.219. The van der Waals surface area contributed by atoms with Crippen molar-refractivity contribution in [1.82, 2.24) is 20.3 Å². The minimum atomic E-state index is 0.219. The van der Waals surface area contributed by atoms with E-state index >= 15 is 0 Å². The third-order valence-electron chi connectivity index (χ3n) is 4.98. The number of anilines is 3. The zero-order chi connectivity index (χ0) is 23.6. The molecule has 0 amide bonds. The second-order valence-electron chi connectivity index (χ2n) is 7.58. The van der Waals surface area contributed by atoms with Gasteiger partial charge < -0.3 is 25.8 Å². The Balaban J connectivity index is 1.39. The van der Waals surface area contributed by atoms with Crippen molar-refractivity contribution >= 4 is 23.0 Å². The van der Waals surface area contributed by atoms with Gasteiger partial charge in [0.1, 0.15) is 17.3 Å². The number of benzene rings is 1. The quantitative estimate of drug-likeness (QED) is 0.379. The van der Waals surface area contributed by atoms with Gasteiger partial charge in [0.05, 0.1) is 18.0 Å². The summed E-state index contributed by atoms with van der Waals surface area (Å²) < 4.78 is 11.0. The molecule has 4 rings (SSSR count). The number of hydrogen-bond acceptors (Lipinski definition) is 8. The maximum Gasteiger partial charge on any atom is 0.222 e. The second-order valence-corrected chi connectivity index (χ2v) is 7.58. The van der Waals surface area contributed by atoms with Crippen LogP contribution in [-0.2, 0) is 11.3 Å². The molecule has 0 spiro atoms. The van der Waals surface area contributed by atoms with E-state index < -0.39 is 0 Å². The summed E-state index contributed by atoms with van der Waals surface area (Å²) in [6.07, 6.45) is 12.8. The van der Waals surface area contributed by atoms with Crippen LogP contribution in [0.1, 0.15) is 17.8 Å². The molecule has 8 nitrogen and oxygen atoms in total. The van der Waals surface area contributed by atoms with Crippen molar-refractivity contribution in [3.8, 4) is 11.5 Å². The largest absolute Gasteiger partial charge is 0.457 e. The molecule has 1 aromatic carbocycles. The van der Waals surface area contributed by atoms with Gasteiger partial charge in [-0.25, -0.2) is 4.98 Å². The van der Waals surface area contributed by atoms with E-state index in [2.05, 4.69) is 37.7 Å². The molecule has 0 aliphatic heterocycles. The lowest BCUT2D eigenvalue weighted by molar-refractivity contribution is 0.199. The van der Waals surface area contributed by atoms with Gasteiger partial charge in [-0.3, -0.25) is 4.98 Å². The van der Waals surface area contributed by atoms with Gasteiger partial charge >= 0.3 is 0 Å². The Morgan fingerprint density at radius 3 is 2.76 bits per heavy atom. The van der Waals surface area contributed by atoms with E-state index in [4.69, 9.17) is 15.2 Å². The first-order valence-electron chi connectivity index (χ1n) is 11.1. The number of nitrogens with zero attached hydrogens (tertiary/aromatic N) is 3. The molecule has 4 N–H and O–H groups in total. The van der Waals surface area contributed by atoms with E-state index in [-0.39, 0.29) is 5.95 Å². The van der Waals surface area contributed by atoms with Crippen LogP contribution < -0.4 is 21.1 Å². The van der Waals surface area contributed by atoms with Crippen molar-refractivity contribution in [1.29, 1.82) is 0 Å². The van der Waals surface area contributed by atoms with Gasteiger partial charge in [-0.1, -0.05) is 30.4 Å². The summed E-state index contributed by atoms with van der Waals surface area (Å²) in [5, 5.41) is 6.57. The number of aromatic nitrogens is 3. The molecule has 1 aliphatic rings. The number of rotatable bonds is 10. The average molecular weight is 457 g/mol. The van der Waals surface area contributed by atoms with Crippen molar-refractivity contribution < 1.29 is 9.47 Å². The highest BCUT2D eigenvalue weighted by Crippen LogP contribution is 2.26. The molecule has 2 heterocycles. The monoisotopic (exact) mass is 456 g/mol. The average Bonchev–Trinajstić information content (AvgIpc) is 3.13. The van der Waals surface area contributed by atoms with Crippen LogP contribution in [0, 0.1) is 0 Å². The summed E-state index contributed by atoms with van der Waals surface area (Å²) >= 11 is 0. The summed E-state index contributed by atoms with van der Waals surface area (Å²) in [7, 11) is 1.68. The normalized spacial score (nSPS) is 12.8. The first kappa shape index (κ1) is 23.2. The highest BCUT2D eigenvalue weighted by molar-refractivity contribution is 5.75. The van der Waals surface area contributed by atoms with Gasteiger partial charge in [0, 0.05) is 44.2 Å². The Hall–Kier alpha value is -4.01. The Morgan fingerprint density at radius 2 is 1.91 bits per heavy atom. The van der Waals surface area contributed by atoms with Gasteiger partial charge in [0.2, 0.25) is 5.95 Å². The molecule has 0 radical (unpaired) electrons. The first-order valence-corrected chi connectivity index (χ1v) is 11.1. The van der Waals surface area contributed by atoms with E-state index in [1.807, 2.05) is 60.7 Å². The molecule has 1 aliphatic carbocycles. The van der Waals surface area contributed by atoms with Gasteiger partial charge in [0.15, 0.2) is 0 Å². The second kappa shape index (κ2) is 11.7. The fourth-order valence-corrected chi connectivity index (χ4v) is 3.34. The highest BCUT2D eigenvalue weighted by atomic mass is 16.5. The van der Waals surface area contributed by atoms with E-state index in [9.17, 15) is 0 Å². The zero-order valence-electron chi connectivity index (χ0n) is 19.1. The fourth-order valence-electron chi connectivity index (χ4n) is 3.34. The molecule has 0 saturated heterocycles. The Bertz CT molecular complexity index is 1190. The van der Waals surface area contributed by atoms with Crippen molar-refractivity contribution in [3.63, 3.8) is 0 Å². The SMILES string of the molecule is COCCNCc1cc(Oc2ccc(Nc3cc(C4=CCC=CC=C4)nc(N)n3)cc2)ccn1. The minimum Gasteiger partial charge on any atom is -0.457 e. The van der Waals surface area contributed by atoms with Crippen molar-refractivity contribution in [3.05, 3.63) is 90.4 Å². The van der Waals surface area contributed by atoms with E-state index in [0.29, 0.717) is 19.0 Å². The van der Waals surface area contributed by atoms with E-state index in [1.54, 1.807) is 13.3 Å². The number of nitrogens with one attached hydrogen (secondary N) is 2. The lowest BCUT2D eigenvalue weighted by Crippen LogP contribution is -2.19. The number of hydrogen-bond donors (Lipinski definition) is 3. The standard InChI is InChI=1S/C26H28N6O2/c1-33-15-14-28-18-21-16-23(12-13-29-21)34-22-10-8-20(9-11-22)30-25-17-24(31-26(27)32-25)19-6-4-2-3-5-7-19/h2-4,6-13,16-17,28H,5,14-15,18H2,1H3,(H3,27,30,31,32). The van der Waals surface area contributed by atoms with Gasteiger partial charge in [0.25, 0.3) is 0 Å². The lowest BCUT2D eigenvalue weighted by atomic mass is 10.1. The van der Waals surface area contributed by atoms with E-state index in [0.717, 1.165) is 47.1 Å². The maximum absolute atomic E-state index is 5.99. The Kier molecular flexibility index (Phi) is 7.99. The summed E-state index contributed by atoms with van der Waals surface area (Å²) in [5.41, 5.74) is 9.51. The number of nitrogens with two attached hydrogens (primary N) is 1.